The minimum atomic E-state index is -1.36. The van der Waals surface area contributed by atoms with E-state index in [-0.39, 0.29) is 92.3 Å². The van der Waals surface area contributed by atoms with Crippen molar-refractivity contribution in [3.8, 4) is 22.5 Å². The first-order chi connectivity index (χ1) is 36.4. The van der Waals surface area contributed by atoms with Crippen molar-refractivity contribution in [2.45, 2.75) is 116 Å². The van der Waals surface area contributed by atoms with Crippen LogP contribution in [0.25, 0.3) is 33.7 Å². The number of fused-ring (bicyclic) bond motifs is 6. The lowest BCUT2D eigenvalue weighted by molar-refractivity contribution is -0.139. The number of nitrogens with one attached hydrogen (secondary N) is 6. The maximum Gasteiger partial charge on any atom is 0.326 e. The topological polar surface area (TPSA) is 314 Å². The van der Waals surface area contributed by atoms with E-state index in [1.54, 1.807) is 17.0 Å². The Labute approximate surface area is 433 Å². The molecule has 3 aromatic heterocycles. The Bertz CT molecular complexity index is 3030. The van der Waals surface area contributed by atoms with Crippen molar-refractivity contribution < 1.29 is 33.9 Å². The number of unbranched alkanes of at least 4 members (excludes halogenated alkanes) is 6. The lowest BCUT2D eigenvalue weighted by Crippen LogP contribution is -2.42. The molecule has 0 fully saturated rings. The first kappa shape index (κ1) is 54.2. The lowest BCUT2D eigenvalue weighted by atomic mass is 9.95. The number of carbonyl (C=O) groups is 6. The average Bonchev–Trinajstić information content (AvgIpc) is 3.82. The van der Waals surface area contributed by atoms with Gasteiger partial charge in [-0.1, -0.05) is 86.7 Å². The van der Waals surface area contributed by atoms with E-state index in [1.165, 1.54) is 37.6 Å². The molecular formula is C53H64N14O8. The summed E-state index contributed by atoms with van der Waals surface area (Å²) in [5.41, 5.74) is 11.1. The van der Waals surface area contributed by atoms with Crippen molar-refractivity contribution in [1.82, 2.24) is 56.2 Å². The molecule has 1 atom stereocenters. The van der Waals surface area contributed by atoms with E-state index in [1.807, 2.05) is 53.2 Å². The third kappa shape index (κ3) is 15.2. The van der Waals surface area contributed by atoms with Gasteiger partial charge in [0, 0.05) is 74.2 Å². The molecular weight excluding hydrogens is 961 g/mol. The van der Waals surface area contributed by atoms with Crippen LogP contribution in [-0.2, 0) is 43.6 Å². The number of rotatable bonds is 27. The normalized spacial score (nSPS) is 12.0. The Kier molecular flexibility index (Phi) is 19.5. The summed E-state index contributed by atoms with van der Waals surface area (Å²) in [6, 6.07) is 20.2. The lowest BCUT2D eigenvalue weighted by Gasteiger charge is -2.28. The molecule has 0 bridgehead atoms. The van der Waals surface area contributed by atoms with Gasteiger partial charge in [-0.2, -0.15) is 4.98 Å². The Balaban J connectivity index is 0.837. The van der Waals surface area contributed by atoms with Gasteiger partial charge in [-0.3, -0.25) is 33.8 Å². The van der Waals surface area contributed by atoms with Gasteiger partial charge in [0.2, 0.25) is 29.6 Å². The molecule has 0 saturated carbocycles. The third-order valence-electron chi connectivity index (χ3n) is 12.7. The number of nitrogens with two attached hydrogens (primary N) is 1. The van der Waals surface area contributed by atoms with E-state index in [4.69, 9.17) is 5.73 Å². The number of nitrogen functional groups attached to an aromatic ring is 1. The predicted octanol–water partition coefficient (Wildman–Crippen LogP) is 5.00. The average molecular weight is 1030 g/mol. The van der Waals surface area contributed by atoms with Crippen LogP contribution < -0.4 is 42.8 Å². The molecule has 0 radical (unpaired) electrons. The van der Waals surface area contributed by atoms with Crippen molar-refractivity contribution in [2.24, 2.45) is 0 Å². The molecule has 6 aromatic rings. The summed E-state index contributed by atoms with van der Waals surface area (Å²) < 4.78 is 1.88. The molecule has 0 aliphatic carbocycles. The highest BCUT2D eigenvalue weighted by molar-refractivity contribution is 6.01. The van der Waals surface area contributed by atoms with Crippen LogP contribution >= 0.6 is 0 Å². The number of nitrogens with zero attached hydrogens (tertiary/aromatic N) is 7. The van der Waals surface area contributed by atoms with Gasteiger partial charge in [0.05, 0.1) is 36.4 Å². The summed E-state index contributed by atoms with van der Waals surface area (Å²) >= 11 is 0. The fourth-order valence-corrected chi connectivity index (χ4v) is 8.66. The van der Waals surface area contributed by atoms with Gasteiger partial charge in [0.1, 0.15) is 11.7 Å². The zero-order chi connectivity index (χ0) is 53.1. The molecule has 1 aliphatic rings. The Morgan fingerprint density at radius 2 is 1.45 bits per heavy atom. The SMILES string of the molecule is CCCCCCCNC(=O)CCCCCn1nnc2c1-c1ccccc1N(C(=O)CCC(=O)NCCNC(=O)CC[C@H](NC(=O)c1ccc(NCc3cnc4nc(N)[nH]c(=O)c4n3)cc1)C(=O)O)Cc1ccccc1-2. The number of aromatic amines is 1. The number of benzene rings is 3. The summed E-state index contributed by atoms with van der Waals surface area (Å²) in [5.74, 6) is -3.08. The molecule has 3 aromatic carbocycles. The van der Waals surface area contributed by atoms with Crippen molar-refractivity contribution in [3.05, 3.63) is 106 Å². The molecule has 22 nitrogen and oxygen atoms in total. The number of aliphatic carboxylic acids is 1. The van der Waals surface area contributed by atoms with E-state index in [0.29, 0.717) is 36.6 Å². The number of hydrogen-bond donors (Lipinski definition) is 8. The smallest absolute Gasteiger partial charge is 0.326 e. The van der Waals surface area contributed by atoms with Gasteiger partial charge in [0.25, 0.3) is 11.5 Å². The minimum Gasteiger partial charge on any atom is -0.480 e. The maximum atomic E-state index is 14.1. The van der Waals surface area contributed by atoms with E-state index < -0.39 is 29.4 Å². The fraction of sp³-hybridized carbons (Fsp3) is 0.396. The summed E-state index contributed by atoms with van der Waals surface area (Å²) in [7, 11) is 0. The Hall–Kier alpha value is -8.56. The van der Waals surface area contributed by atoms with Crippen molar-refractivity contribution >= 4 is 64.0 Å². The second kappa shape index (κ2) is 26.9. The first-order valence-corrected chi connectivity index (χ1v) is 25.5. The highest BCUT2D eigenvalue weighted by atomic mass is 16.4. The molecule has 0 spiro atoms. The second-order valence-corrected chi connectivity index (χ2v) is 18.3. The predicted molar refractivity (Wildman–Crippen MR) is 282 cm³/mol. The number of carboxylic acid groups (broad SMARTS) is 1. The van der Waals surface area contributed by atoms with E-state index >= 15 is 0 Å². The van der Waals surface area contributed by atoms with Crippen LogP contribution in [0.1, 0.15) is 112 Å². The highest BCUT2D eigenvalue weighted by Gasteiger charge is 2.29. The van der Waals surface area contributed by atoms with Crippen LogP contribution in [0.4, 0.5) is 17.3 Å². The number of amides is 5. The standard InChI is InChI=1S/C53H64N14O8/c1-2-3-4-5-12-27-55-42(68)18-7-6-13-30-67-48-39-16-10-11-17-41(39)66(33-35-14-8-9-15-38(35)46(48)64-65-67)45(71)26-25-44(70)57-29-28-56-43(69)24-23-40(52(74)75)61-50(72)34-19-21-36(22-20-34)58-31-37-32-59-49-47(60-37)51(73)63-53(54)62-49/h8-11,14-17,19-22,32,40,58H,2-7,12-13,18,23-31,33H2,1H3,(H,55,68)(H,56,69)(H,57,70)(H,61,72)(H,74,75)(H3,54,59,62,63,73)/t40-/m0/s1. The summed E-state index contributed by atoms with van der Waals surface area (Å²) in [6.45, 7) is 4.03. The molecule has 5 amide bonds. The number of hydrogen-bond acceptors (Lipinski definition) is 14. The van der Waals surface area contributed by atoms with Crippen LogP contribution in [0.15, 0.2) is 83.8 Å². The summed E-state index contributed by atoms with van der Waals surface area (Å²) in [4.78, 5) is 106. The maximum absolute atomic E-state index is 14.1. The van der Waals surface area contributed by atoms with Gasteiger partial charge >= 0.3 is 5.97 Å². The van der Waals surface area contributed by atoms with Crippen LogP contribution in [0.5, 0.6) is 0 Å². The molecule has 4 heterocycles. The van der Waals surface area contributed by atoms with Crippen molar-refractivity contribution in [2.75, 3.05) is 35.6 Å². The van der Waals surface area contributed by atoms with E-state index in [2.05, 4.69) is 63.8 Å². The summed E-state index contributed by atoms with van der Waals surface area (Å²) in [6.07, 6.45) is 9.44. The van der Waals surface area contributed by atoms with Crippen LogP contribution in [0.3, 0.4) is 0 Å². The minimum absolute atomic E-state index is 0.0376. The Morgan fingerprint density at radius 3 is 2.23 bits per heavy atom. The number of aromatic nitrogens is 7. The zero-order valence-corrected chi connectivity index (χ0v) is 42.0. The van der Waals surface area contributed by atoms with Gasteiger partial charge < -0.3 is 42.3 Å². The monoisotopic (exact) mass is 1020 g/mol. The molecule has 1 aliphatic heterocycles. The molecule has 7 rings (SSSR count). The zero-order valence-electron chi connectivity index (χ0n) is 42.0. The number of H-pyrrole nitrogens is 1. The molecule has 0 unspecified atom stereocenters. The number of aryl methyl sites for hydroxylation is 1. The molecule has 9 N–H and O–H groups in total. The van der Waals surface area contributed by atoms with Crippen molar-refractivity contribution in [3.63, 3.8) is 0 Å². The van der Waals surface area contributed by atoms with Gasteiger partial charge in [-0.25, -0.2) is 19.4 Å². The first-order valence-electron chi connectivity index (χ1n) is 25.5. The number of para-hydroxylation sites is 1. The number of carboxylic acids is 1. The van der Waals surface area contributed by atoms with Gasteiger partial charge in [-0.05, 0) is 61.6 Å². The highest BCUT2D eigenvalue weighted by Crippen LogP contribution is 2.41. The number of anilines is 3. The number of carbonyl (C=O) groups excluding carboxylic acids is 5. The van der Waals surface area contributed by atoms with Gasteiger partial charge in [-0.15, -0.1) is 5.10 Å². The second-order valence-electron chi connectivity index (χ2n) is 18.3. The van der Waals surface area contributed by atoms with Crippen molar-refractivity contribution in [1.29, 1.82) is 0 Å². The largest absolute Gasteiger partial charge is 0.480 e. The third-order valence-corrected chi connectivity index (χ3v) is 12.7. The summed E-state index contributed by atoms with van der Waals surface area (Å²) in [5, 5.41) is 33.0. The van der Waals surface area contributed by atoms with E-state index in [9.17, 15) is 38.7 Å². The molecule has 394 valence electrons. The molecule has 22 heteroatoms. The molecule has 0 saturated heterocycles. The Morgan fingerprint density at radius 1 is 0.760 bits per heavy atom. The van der Waals surface area contributed by atoms with Gasteiger partial charge in [0.15, 0.2) is 11.2 Å². The van der Waals surface area contributed by atoms with Crippen LogP contribution in [-0.4, -0.2) is 101 Å². The fourth-order valence-electron chi connectivity index (χ4n) is 8.66. The van der Waals surface area contributed by atoms with Crippen LogP contribution in [0.2, 0.25) is 0 Å². The molecule has 75 heavy (non-hydrogen) atoms. The van der Waals surface area contributed by atoms with E-state index in [0.717, 1.165) is 60.2 Å². The van der Waals surface area contributed by atoms with Crippen LogP contribution in [0, 0.1) is 0 Å². The quantitative estimate of drug-likeness (QED) is 0.0315.